The van der Waals surface area contributed by atoms with Gasteiger partial charge in [-0.05, 0) is 30.7 Å². The van der Waals surface area contributed by atoms with Gasteiger partial charge < -0.3 is 14.8 Å². The van der Waals surface area contributed by atoms with E-state index in [0.29, 0.717) is 28.8 Å². The lowest BCUT2D eigenvalue weighted by molar-refractivity contribution is -0.140. The fraction of sp³-hybridized carbons (Fsp3) is 0.238. The number of nitrogens with zero attached hydrogens (tertiary/aromatic N) is 2. The molecule has 0 aliphatic carbocycles. The van der Waals surface area contributed by atoms with E-state index < -0.39 is 12.0 Å². The highest BCUT2D eigenvalue weighted by Gasteiger charge is 2.35. The number of halogens is 1. The van der Waals surface area contributed by atoms with Crippen LogP contribution in [0.25, 0.3) is 11.0 Å². The van der Waals surface area contributed by atoms with Crippen LogP contribution in [-0.2, 0) is 14.3 Å². The second-order valence-corrected chi connectivity index (χ2v) is 6.92. The van der Waals surface area contributed by atoms with Gasteiger partial charge in [0.25, 0.3) is 0 Å². The first-order valence-corrected chi connectivity index (χ1v) is 9.35. The molecular weight excluding hydrogens is 378 g/mol. The molecule has 1 aliphatic heterocycles. The third-order valence-electron chi connectivity index (χ3n) is 4.77. The molecule has 0 saturated heterocycles. The van der Waals surface area contributed by atoms with E-state index in [4.69, 9.17) is 21.1 Å². The van der Waals surface area contributed by atoms with Crippen molar-refractivity contribution in [3.63, 3.8) is 0 Å². The van der Waals surface area contributed by atoms with Gasteiger partial charge in [0.05, 0.1) is 29.3 Å². The van der Waals surface area contributed by atoms with Crippen LogP contribution in [0.15, 0.2) is 59.8 Å². The highest BCUT2D eigenvalue weighted by Crippen LogP contribution is 2.41. The highest BCUT2D eigenvalue weighted by molar-refractivity contribution is 6.31. The number of carbonyl (C=O) groups is 1. The summed E-state index contributed by atoms with van der Waals surface area (Å²) in [6, 6.07) is 14.9. The summed E-state index contributed by atoms with van der Waals surface area (Å²) in [5.74, 6) is 0.257. The van der Waals surface area contributed by atoms with Gasteiger partial charge in [-0.1, -0.05) is 41.9 Å². The topological polar surface area (TPSA) is 65.4 Å². The smallest absolute Gasteiger partial charge is 0.338 e. The van der Waals surface area contributed by atoms with Gasteiger partial charge in [0.15, 0.2) is 0 Å². The van der Waals surface area contributed by atoms with Gasteiger partial charge >= 0.3 is 5.97 Å². The van der Waals surface area contributed by atoms with Crippen molar-refractivity contribution in [1.29, 1.82) is 0 Å². The first kappa shape index (κ1) is 18.5. The Morgan fingerprint density at radius 2 is 1.93 bits per heavy atom. The summed E-state index contributed by atoms with van der Waals surface area (Å²) < 4.78 is 12.4. The minimum absolute atomic E-state index is 0.179. The lowest BCUT2D eigenvalue weighted by Crippen LogP contribution is -2.29. The summed E-state index contributed by atoms with van der Waals surface area (Å²) in [6.07, 6.45) is 0. The van der Waals surface area contributed by atoms with Crippen LogP contribution in [0.1, 0.15) is 18.5 Å². The van der Waals surface area contributed by atoms with Crippen LogP contribution < -0.4 is 5.32 Å². The maximum absolute atomic E-state index is 13.0. The number of hydrogen-bond donors (Lipinski definition) is 1. The summed E-state index contributed by atoms with van der Waals surface area (Å²) in [6.45, 7) is 2.36. The molecule has 4 rings (SSSR count). The second kappa shape index (κ2) is 7.66. The number of benzene rings is 2. The van der Waals surface area contributed by atoms with E-state index in [9.17, 15) is 4.79 Å². The zero-order chi connectivity index (χ0) is 19.7. The van der Waals surface area contributed by atoms with Crippen LogP contribution in [-0.4, -0.2) is 35.8 Å². The van der Waals surface area contributed by atoms with Crippen molar-refractivity contribution in [2.45, 2.75) is 13.0 Å². The summed E-state index contributed by atoms with van der Waals surface area (Å²) >= 11 is 6.54. The molecule has 144 valence electrons. The molecule has 1 atom stereocenters. The SMILES string of the molecule is COCCOC(=O)C1=C(C)Nc2nc3ccccc3n2[C@H]1c1ccccc1Cl. The minimum Gasteiger partial charge on any atom is -0.460 e. The zero-order valence-corrected chi connectivity index (χ0v) is 16.4. The molecule has 1 N–H and O–H groups in total. The number of methoxy groups -OCH3 is 1. The number of aromatic nitrogens is 2. The van der Waals surface area contributed by atoms with E-state index in [1.54, 1.807) is 7.11 Å². The maximum atomic E-state index is 13.0. The summed E-state index contributed by atoms with van der Waals surface area (Å²) in [4.78, 5) is 17.7. The van der Waals surface area contributed by atoms with Crippen LogP contribution in [0.2, 0.25) is 5.02 Å². The molecule has 1 aromatic heterocycles. The number of allylic oxidation sites excluding steroid dienone is 1. The van der Waals surface area contributed by atoms with Crippen LogP contribution in [0.5, 0.6) is 0 Å². The number of ether oxygens (including phenoxy) is 2. The number of esters is 1. The number of rotatable bonds is 5. The van der Waals surface area contributed by atoms with E-state index >= 15 is 0 Å². The van der Waals surface area contributed by atoms with Gasteiger partial charge in [0.1, 0.15) is 6.61 Å². The largest absolute Gasteiger partial charge is 0.460 e. The number of hydrogen-bond acceptors (Lipinski definition) is 5. The molecule has 3 aromatic rings. The standard InChI is InChI=1S/C21H20ClN3O3/c1-13-18(20(26)28-12-11-27-2)19(14-7-3-4-8-15(14)22)25-17-10-6-5-9-16(17)24-21(25)23-13/h3-10,19H,11-12H2,1-2H3,(H,23,24)/t19-/m0/s1. The molecule has 0 bridgehead atoms. The predicted octanol–water partition coefficient (Wildman–Crippen LogP) is 4.17. The van der Waals surface area contributed by atoms with Crippen molar-refractivity contribution in [3.8, 4) is 0 Å². The molecule has 1 aliphatic rings. The van der Waals surface area contributed by atoms with Gasteiger partial charge in [-0.15, -0.1) is 0 Å². The van der Waals surface area contributed by atoms with E-state index in [1.165, 1.54) is 0 Å². The van der Waals surface area contributed by atoms with E-state index in [-0.39, 0.29) is 6.61 Å². The highest BCUT2D eigenvalue weighted by atomic mass is 35.5. The predicted molar refractivity (Wildman–Crippen MR) is 108 cm³/mol. The molecular formula is C21H20ClN3O3. The summed E-state index contributed by atoms with van der Waals surface area (Å²) in [5, 5.41) is 3.82. The van der Waals surface area contributed by atoms with Crippen molar-refractivity contribution < 1.29 is 14.3 Å². The number of imidazole rings is 1. The Morgan fingerprint density at radius 3 is 2.71 bits per heavy atom. The monoisotopic (exact) mass is 397 g/mol. The Kier molecular flexibility index (Phi) is 5.07. The van der Waals surface area contributed by atoms with Crippen molar-refractivity contribution in [2.75, 3.05) is 25.6 Å². The van der Waals surface area contributed by atoms with Gasteiger partial charge in [-0.25, -0.2) is 9.78 Å². The van der Waals surface area contributed by atoms with Crippen LogP contribution in [0.4, 0.5) is 5.95 Å². The van der Waals surface area contributed by atoms with Gasteiger partial charge in [0.2, 0.25) is 5.95 Å². The lowest BCUT2D eigenvalue weighted by atomic mass is 9.95. The molecule has 28 heavy (non-hydrogen) atoms. The van der Waals surface area contributed by atoms with E-state index in [1.807, 2.05) is 60.0 Å². The van der Waals surface area contributed by atoms with E-state index in [2.05, 4.69) is 10.3 Å². The quantitative estimate of drug-likeness (QED) is 0.517. The second-order valence-electron chi connectivity index (χ2n) is 6.51. The maximum Gasteiger partial charge on any atom is 0.338 e. The molecule has 0 saturated carbocycles. The minimum atomic E-state index is -0.451. The molecule has 6 nitrogen and oxygen atoms in total. The zero-order valence-electron chi connectivity index (χ0n) is 15.6. The van der Waals surface area contributed by atoms with Crippen molar-refractivity contribution in [3.05, 3.63) is 70.4 Å². The number of fused-ring (bicyclic) bond motifs is 3. The number of nitrogens with one attached hydrogen (secondary N) is 1. The summed E-state index contributed by atoms with van der Waals surface area (Å²) in [5.41, 5.74) is 3.75. The number of carbonyl (C=O) groups excluding carboxylic acids is 1. The molecule has 7 heteroatoms. The lowest BCUT2D eigenvalue weighted by Gasteiger charge is -2.30. The Bertz CT molecular complexity index is 1070. The van der Waals surface area contributed by atoms with Gasteiger partial charge in [-0.2, -0.15) is 0 Å². The Balaban J connectivity index is 1.89. The number of anilines is 1. The fourth-order valence-electron chi connectivity index (χ4n) is 3.51. The molecule has 0 unspecified atom stereocenters. The Hall–Kier alpha value is -2.83. The molecule has 0 fully saturated rings. The van der Waals surface area contributed by atoms with Crippen LogP contribution >= 0.6 is 11.6 Å². The van der Waals surface area contributed by atoms with Gasteiger partial charge in [0, 0.05) is 17.8 Å². The average Bonchev–Trinajstić information content (AvgIpc) is 3.05. The van der Waals surface area contributed by atoms with Crippen LogP contribution in [0.3, 0.4) is 0 Å². The Labute approximate surface area is 167 Å². The third-order valence-corrected chi connectivity index (χ3v) is 5.12. The molecule has 0 amide bonds. The third kappa shape index (κ3) is 3.15. The Morgan fingerprint density at radius 1 is 1.18 bits per heavy atom. The van der Waals surface area contributed by atoms with E-state index in [0.717, 1.165) is 16.6 Å². The molecule has 0 spiro atoms. The average molecular weight is 398 g/mol. The van der Waals surface area contributed by atoms with Crippen molar-refractivity contribution in [1.82, 2.24) is 9.55 Å². The van der Waals surface area contributed by atoms with Crippen molar-refractivity contribution in [2.24, 2.45) is 0 Å². The number of para-hydroxylation sites is 2. The fourth-order valence-corrected chi connectivity index (χ4v) is 3.75. The van der Waals surface area contributed by atoms with Crippen LogP contribution in [0, 0.1) is 0 Å². The first-order valence-electron chi connectivity index (χ1n) is 8.97. The summed E-state index contributed by atoms with van der Waals surface area (Å²) in [7, 11) is 1.57. The van der Waals surface area contributed by atoms with Crippen molar-refractivity contribution >= 4 is 34.6 Å². The molecule has 2 aromatic carbocycles. The normalized spacial score (nSPS) is 16.0. The van der Waals surface area contributed by atoms with Gasteiger partial charge in [-0.3, -0.25) is 4.57 Å². The molecule has 0 radical (unpaired) electrons. The first-order chi connectivity index (χ1) is 13.6. The molecule has 2 heterocycles.